The second-order valence-electron chi connectivity index (χ2n) is 3.16. The zero-order valence-corrected chi connectivity index (χ0v) is 8.48. The molecule has 1 aromatic carbocycles. The lowest BCUT2D eigenvalue weighted by Gasteiger charge is -2.01. The van der Waals surface area contributed by atoms with E-state index in [0.717, 1.165) is 11.1 Å². The maximum absolute atomic E-state index is 8.25. The molecule has 0 N–H and O–H groups in total. The molecule has 5 heteroatoms. The molecule has 0 radical (unpaired) electrons. The summed E-state index contributed by atoms with van der Waals surface area (Å²) in [7, 11) is 0. The Morgan fingerprint density at radius 2 is 2.00 bits per heavy atom. The predicted molar refractivity (Wildman–Crippen MR) is 60.3 cm³/mol. The van der Waals surface area contributed by atoms with Gasteiger partial charge in [-0.25, -0.2) is 9.97 Å². The van der Waals surface area contributed by atoms with Crippen molar-refractivity contribution in [2.24, 2.45) is 5.11 Å². The Morgan fingerprint density at radius 1 is 1.19 bits per heavy atom. The maximum Gasteiger partial charge on any atom is 0.159 e. The highest BCUT2D eigenvalue weighted by atomic mass is 15.1. The minimum atomic E-state index is 0.344. The van der Waals surface area contributed by atoms with Gasteiger partial charge in [0.2, 0.25) is 0 Å². The molecule has 78 valence electrons. The van der Waals surface area contributed by atoms with Crippen LogP contribution in [-0.4, -0.2) is 9.97 Å². The number of benzene rings is 1. The van der Waals surface area contributed by atoms with Crippen molar-refractivity contribution in [2.75, 3.05) is 0 Å². The SMILES string of the molecule is [N-]=[N+]=NCc1cccc(-c2ncccn2)c1. The lowest BCUT2D eigenvalue weighted by atomic mass is 10.1. The first-order valence-electron chi connectivity index (χ1n) is 4.77. The first-order valence-corrected chi connectivity index (χ1v) is 4.77. The smallest absolute Gasteiger partial charge is 0.159 e. The third kappa shape index (κ3) is 2.34. The van der Waals surface area contributed by atoms with E-state index in [0.29, 0.717) is 12.4 Å². The van der Waals surface area contributed by atoms with Crippen LogP contribution in [0.2, 0.25) is 0 Å². The Morgan fingerprint density at radius 3 is 2.75 bits per heavy atom. The zero-order chi connectivity index (χ0) is 11.2. The van der Waals surface area contributed by atoms with Crippen LogP contribution in [0.15, 0.2) is 47.8 Å². The molecule has 0 aliphatic rings. The van der Waals surface area contributed by atoms with Crippen molar-refractivity contribution in [3.8, 4) is 11.4 Å². The highest BCUT2D eigenvalue weighted by Gasteiger charge is 2.00. The summed E-state index contributed by atoms with van der Waals surface area (Å²) in [5.41, 5.74) is 10.1. The molecule has 0 amide bonds. The van der Waals surface area contributed by atoms with Crippen LogP contribution in [0.3, 0.4) is 0 Å². The van der Waals surface area contributed by atoms with Crippen LogP contribution in [0.1, 0.15) is 5.56 Å². The summed E-state index contributed by atoms with van der Waals surface area (Å²) < 4.78 is 0. The van der Waals surface area contributed by atoms with E-state index in [2.05, 4.69) is 20.0 Å². The van der Waals surface area contributed by atoms with E-state index in [1.54, 1.807) is 18.5 Å². The summed E-state index contributed by atoms with van der Waals surface area (Å²) in [6, 6.07) is 9.42. The highest BCUT2D eigenvalue weighted by molar-refractivity contribution is 5.55. The van der Waals surface area contributed by atoms with Gasteiger partial charge in [-0.05, 0) is 23.2 Å². The second kappa shape index (κ2) is 4.91. The van der Waals surface area contributed by atoms with E-state index in [-0.39, 0.29) is 0 Å². The molecule has 0 unspecified atom stereocenters. The summed E-state index contributed by atoms with van der Waals surface area (Å²) in [6.07, 6.45) is 3.39. The Balaban J connectivity index is 2.32. The topological polar surface area (TPSA) is 74.5 Å². The molecule has 0 fully saturated rings. The highest BCUT2D eigenvalue weighted by Crippen LogP contribution is 2.15. The van der Waals surface area contributed by atoms with Crippen molar-refractivity contribution in [2.45, 2.75) is 6.54 Å². The van der Waals surface area contributed by atoms with Gasteiger partial charge in [-0.2, -0.15) is 0 Å². The first kappa shape index (κ1) is 10.1. The van der Waals surface area contributed by atoms with Crippen LogP contribution < -0.4 is 0 Å². The standard InChI is InChI=1S/C11H9N5/c12-16-15-8-9-3-1-4-10(7-9)11-13-5-2-6-14-11/h1-7H,8H2. The van der Waals surface area contributed by atoms with Crippen LogP contribution in [0.25, 0.3) is 21.8 Å². The molecule has 1 aromatic heterocycles. The largest absolute Gasteiger partial charge is 0.237 e. The molecule has 0 aliphatic carbocycles. The van der Waals surface area contributed by atoms with Gasteiger partial charge in [-0.3, -0.25) is 0 Å². The molecule has 2 rings (SSSR count). The molecule has 16 heavy (non-hydrogen) atoms. The number of rotatable bonds is 3. The average molecular weight is 211 g/mol. The average Bonchev–Trinajstić information content (AvgIpc) is 2.38. The van der Waals surface area contributed by atoms with E-state index in [1.165, 1.54) is 0 Å². The van der Waals surface area contributed by atoms with E-state index in [9.17, 15) is 0 Å². The minimum Gasteiger partial charge on any atom is -0.237 e. The zero-order valence-electron chi connectivity index (χ0n) is 8.48. The van der Waals surface area contributed by atoms with Crippen molar-refractivity contribution in [3.05, 3.63) is 58.7 Å². The minimum absolute atomic E-state index is 0.344. The maximum atomic E-state index is 8.25. The quantitative estimate of drug-likeness (QED) is 0.444. The lowest BCUT2D eigenvalue weighted by molar-refractivity contribution is 1.05. The van der Waals surface area contributed by atoms with Gasteiger partial charge in [0.1, 0.15) is 0 Å². The van der Waals surface area contributed by atoms with Gasteiger partial charge < -0.3 is 0 Å². The third-order valence-electron chi connectivity index (χ3n) is 2.07. The monoisotopic (exact) mass is 211 g/mol. The number of azide groups is 1. The van der Waals surface area contributed by atoms with Crippen LogP contribution >= 0.6 is 0 Å². The summed E-state index contributed by atoms with van der Waals surface area (Å²) >= 11 is 0. The number of hydrogen-bond donors (Lipinski definition) is 0. The normalized spacial score (nSPS) is 9.50. The van der Waals surface area contributed by atoms with Crippen molar-refractivity contribution in [1.29, 1.82) is 0 Å². The van der Waals surface area contributed by atoms with Gasteiger partial charge in [-0.1, -0.05) is 23.3 Å². The van der Waals surface area contributed by atoms with Gasteiger partial charge in [-0.15, -0.1) is 0 Å². The van der Waals surface area contributed by atoms with E-state index in [4.69, 9.17) is 5.53 Å². The van der Waals surface area contributed by atoms with E-state index >= 15 is 0 Å². The lowest BCUT2D eigenvalue weighted by Crippen LogP contribution is -1.88. The van der Waals surface area contributed by atoms with Crippen LogP contribution in [0.5, 0.6) is 0 Å². The van der Waals surface area contributed by atoms with Gasteiger partial charge in [0.15, 0.2) is 5.82 Å². The number of nitrogens with zero attached hydrogens (tertiary/aromatic N) is 5. The third-order valence-corrected chi connectivity index (χ3v) is 2.07. The fourth-order valence-corrected chi connectivity index (χ4v) is 1.37. The van der Waals surface area contributed by atoms with Gasteiger partial charge in [0, 0.05) is 22.9 Å². The van der Waals surface area contributed by atoms with Crippen LogP contribution in [-0.2, 0) is 6.54 Å². The Hall–Kier alpha value is -2.39. The summed E-state index contributed by atoms with van der Waals surface area (Å²) in [5, 5.41) is 3.52. The van der Waals surface area contributed by atoms with Crippen LogP contribution in [0, 0.1) is 0 Å². The molecule has 0 atom stereocenters. The van der Waals surface area contributed by atoms with E-state index in [1.807, 2.05) is 24.3 Å². The molecular formula is C11H9N5. The van der Waals surface area contributed by atoms with Gasteiger partial charge in [0.05, 0.1) is 6.54 Å². The molecule has 2 aromatic rings. The molecule has 5 nitrogen and oxygen atoms in total. The van der Waals surface area contributed by atoms with Gasteiger partial charge >= 0.3 is 0 Å². The molecule has 0 saturated carbocycles. The molecule has 0 bridgehead atoms. The summed E-state index contributed by atoms with van der Waals surface area (Å²) in [6.45, 7) is 0.344. The summed E-state index contributed by atoms with van der Waals surface area (Å²) in [5.74, 6) is 0.672. The van der Waals surface area contributed by atoms with Crippen molar-refractivity contribution in [3.63, 3.8) is 0 Å². The molecular weight excluding hydrogens is 202 g/mol. The van der Waals surface area contributed by atoms with Crippen molar-refractivity contribution in [1.82, 2.24) is 9.97 Å². The fourth-order valence-electron chi connectivity index (χ4n) is 1.37. The van der Waals surface area contributed by atoms with Gasteiger partial charge in [0.25, 0.3) is 0 Å². The molecule has 1 heterocycles. The Kier molecular flexibility index (Phi) is 3.11. The molecule has 0 spiro atoms. The molecule has 0 aliphatic heterocycles. The fraction of sp³-hybridized carbons (Fsp3) is 0.0909. The number of aromatic nitrogens is 2. The van der Waals surface area contributed by atoms with E-state index < -0.39 is 0 Å². The number of hydrogen-bond acceptors (Lipinski definition) is 3. The second-order valence-corrected chi connectivity index (χ2v) is 3.16. The molecule has 0 saturated heterocycles. The van der Waals surface area contributed by atoms with Crippen molar-refractivity contribution < 1.29 is 0 Å². The summed E-state index contributed by atoms with van der Waals surface area (Å²) in [4.78, 5) is 11.0. The first-order chi connectivity index (χ1) is 7.90. The Labute approximate surface area is 92.4 Å². The van der Waals surface area contributed by atoms with Crippen LogP contribution in [0.4, 0.5) is 0 Å². The van der Waals surface area contributed by atoms with Crippen molar-refractivity contribution >= 4 is 0 Å². The Bertz CT molecular complexity index is 517. The predicted octanol–water partition coefficient (Wildman–Crippen LogP) is 2.95.